The maximum absolute atomic E-state index is 6.82. The lowest BCUT2D eigenvalue weighted by Crippen LogP contribution is -2.54. The van der Waals surface area contributed by atoms with Gasteiger partial charge in [-0.3, -0.25) is 0 Å². The van der Waals surface area contributed by atoms with Gasteiger partial charge in [-0.2, -0.15) is 0 Å². The Balaban J connectivity index is 1.94. The van der Waals surface area contributed by atoms with E-state index in [1.807, 2.05) is 0 Å². The molecule has 29 heavy (non-hydrogen) atoms. The molecule has 0 spiro atoms. The molecule has 3 rings (SSSR count). The molecule has 4 atom stereocenters. The molecule has 4 unspecified atom stereocenters. The van der Waals surface area contributed by atoms with Gasteiger partial charge in [0.2, 0.25) is 0 Å². The summed E-state index contributed by atoms with van der Waals surface area (Å²) in [7, 11) is -1.56. The van der Waals surface area contributed by atoms with E-state index in [0.717, 1.165) is 18.5 Å². The standard InChI is InChI=1S/C23H44N2O3Si/c1-21(2,3)28-20-16-11-15(16)17(12-24)19(18-13-27-23(7,8)25(18)20)26-14-29(9,10)22(4,5)6/h15,17-19H,11-14,24H2,1-10H3. The summed E-state index contributed by atoms with van der Waals surface area (Å²) >= 11 is 0. The quantitative estimate of drug-likeness (QED) is 0.659. The maximum Gasteiger partial charge on any atom is 0.191 e. The Bertz CT molecular complexity index is 660. The Morgan fingerprint density at radius 1 is 1.17 bits per heavy atom. The van der Waals surface area contributed by atoms with E-state index in [1.165, 1.54) is 5.57 Å². The first-order valence-electron chi connectivity index (χ1n) is 11.3. The van der Waals surface area contributed by atoms with Crippen molar-refractivity contribution in [2.45, 2.75) is 103 Å². The molecular formula is C23H44N2O3Si. The summed E-state index contributed by atoms with van der Waals surface area (Å²) in [5.74, 6) is 1.82. The molecule has 5 nitrogen and oxygen atoms in total. The van der Waals surface area contributed by atoms with Crippen LogP contribution >= 0.6 is 0 Å². The van der Waals surface area contributed by atoms with E-state index in [0.29, 0.717) is 30.0 Å². The summed E-state index contributed by atoms with van der Waals surface area (Å²) < 4.78 is 19.6. The van der Waals surface area contributed by atoms with E-state index in [-0.39, 0.29) is 17.7 Å². The summed E-state index contributed by atoms with van der Waals surface area (Å²) in [6, 6.07) is 0.140. The zero-order chi connectivity index (χ0) is 22.0. The molecule has 2 N–H and O–H groups in total. The van der Waals surface area contributed by atoms with Gasteiger partial charge < -0.3 is 24.8 Å². The Morgan fingerprint density at radius 3 is 2.31 bits per heavy atom. The molecule has 0 aromatic rings. The highest BCUT2D eigenvalue weighted by Gasteiger charge is 2.58. The molecule has 2 heterocycles. The van der Waals surface area contributed by atoms with Crippen LogP contribution in [0.4, 0.5) is 0 Å². The summed E-state index contributed by atoms with van der Waals surface area (Å²) in [5, 5.41) is 0.296. The van der Waals surface area contributed by atoms with Gasteiger partial charge in [0.15, 0.2) is 5.88 Å². The van der Waals surface area contributed by atoms with E-state index in [1.54, 1.807) is 0 Å². The molecule has 0 radical (unpaired) electrons. The topological polar surface area (TPSA) is 57.0 Å². The van der Waals surface area contributed by atoms with Crippen LogP contribution in [0.2, 0.25) is 18.1 Å². The number of nitrogens with zero attached hydrogens (tertiary/aromatic N) is 1. The van der Waals surface area contributed by atoms with Crippen molar-refractivity contribution in [3.8, 4) is 0 Å². The Morgan fingerprint density at radius 2 is 1.79 bits per heavy atom. The van der Waals surface area contributed by atoms with Crippen molar-refractivity contribution in [3.63, 3.8) is 0 Å². The van der Waals surface area contributed by atoms with E-state index < -0.39 is 13.8 Å². The molecule has 1 aliphatic carbocycles. The predicted molar refractivity (Wildman–Crippen MR) is 121 cm³/mol. The first-order valence-corrected chi connectivity index (χ1v) is 14.5. The van der Waals surface area contributed by atoms with Gasteiger partial charge in [0, 0.05) is 12.1 Å². The number of hydrogen-bond acceptors (Lipinski definition) is 5. The van der Waals surface area contributed by atoms with Crippen molar-refractivity contribution < 1.29 is 14.2 Å². The fourth-order valence-electron chi connectivity index (χ4n) is 4.43. The minimum atomic E-state index is -1.56. The summed E-state index contributed by atoms with van der Waals surface area (Å²) in [5.41, 5.74) is 7.08. The Kier molecular flexibility index (Phi) is 5.78. The molecule has 0 amide bonds. The van der Waals surface area contributed by atoms with E-state index in [4.69, 9.17) is 19.9 Å². The molecule has 168 valence electrons. The molecular weight excluding hydrogens is 380 g/mol. The lowest BCUT2D eigenvalue weighted by atomic mass is 9.91. The zero-order valence-corrected chi connectivity index (χ0v) is 21.4. The van der Waals surface area contributed by atoms with Gasteiger partial charge in [0.25, 0.3) is 0 Å². The number of allylic oxidation sites excluding steroid dienone is 1. The number of rotatable bonds is 5. The van der Waals surface area contributed by atoms with Gasteiger partial charge in [-0.1, -0.05) is 33.9 Å². The van der Waals surface area contributed by atoms with Crippen LogP contribution in [0, 0.1) is 11.8 Å². The third kappa shape index (κ3) is 4.41. The number of nitrogens with two attached hydrogens (primary N) is 1. The predicted octanol–water partition coefficient (Wildman–Crippen LogP) is 4.49. The third-order valence-electron chi connectivity index (χ3n) is 7.40. The van der Waals surface area contributed by atoms with Crippen LogP contribution in [0.25, 0.3) is 0 Å². The SMILES string of the molecule is CC(C)(C)OC1=C2CC2C(CN)C(OC[Si](C)(C)C(C)(C)C)C2COC(C)(C)N12. The van der Waals surface area contributed by atoms with Crippen LogP contribution in [0.1, 0.15) is 61.8 Å². The van der Waals surface area contributed by atoms with Crippen LogP contribution in [0.5, 0.6) is 0 Å². The van der Waals surface area contributed by atoms with Crippen LogP contribution in [0.3, 0.4) is 0 Å². The highest BCUT2D eigenvalue weighted by molar-refractivity contribution is 6.80. The molecule has 6 heteroatoms. The van der Waals surface area contributed by atoms with E-state index >= 15 is 0 Å². The van der Waals surface area contributed by atoms with Crippen LogP contribution < -0.4 is 5.73 Å². The minimum Gasteiger partial charge on any atom is -0.473 e. The van der Waals surface area contributed by atoms with Gasteiger partial charge >= 0.3 is 0 Å². The van der Waals surface area contributed by atoms with Gasteiger partial charge in [-0.15, -0.1) is 0 Å². The molecule has 0 bridgehead atoms. The second-order valence-corrected chi connectivity index (χ2v) is 17.9. The Labute approximate surface area is 179 Å². The summed E-state index contributed by atoms with van der Waals surface area (Å²) in [4.78, 5) is 2.37. The zero-order valence-electron chi connectivity index (χ0n) is 20.4. The largest absolute Gasteiger partial charge is 0.473 e. The highest BCUT2D eigenvalue weighted by Crippen LogP contribution is 2.55. The van der Waals surface area contributed by atoms with Crippen molar-refractivity contribution in [1.29, 1.82) is 0 Å². The van der Waals surface area contributed by atoms with E-state index in [2.05, 4.69) is 73.4 Å². The second-order valence-electron chi connectivity index (χ2n) is 12.4. The fraction of sp³-hybridized carbons (Fsp3) is 0.913. The van der Waals surface area contributed by atoms with Crippen molar-refractivity contribution >= 4 is 8.07 Å². The molecule has 1 saturated carbocycles. The Hall–Kier alpha value is -0.563. The highest BCUT2D eigenvalue weighted by atomic mass is 28.3. The second kappa shape index (κ2) is 7.25. The fourth-order valence-corrected chi connectivity index (χ4v) is 5.47. The molecule has 3 aliphatic rings. The average molecular weight is 425 g/mol. The van der Waals surface area contributed by atoms with Crippen molar-refractivity contribution in [1.82, 2.24) is 4.90 Å². The van der Waals surface area contributed by atoms with Gasteiger partial charge in [-0.25, -0.2) is 0 Å². The molecule has 0 aromatic heterocycles. The van der Waals surface area contributed by atoms with E-state index in [9.17, 15) is 0 Å². The average Bonchev–Trinajstić information content (AvgIpc) is 3.26. The summed E-state index contributed by atoms with van der Waals surface area (Å²) in [6.45, 7) is 23.8. The third-order valence-corrected chi connectivity index (χ3v) is 12.3. The first kappa shape index (κ1) is 23.1. The number of ether oxygens (including phenoxy) is 3. The number of hydrogen-bond donors (Lipinski definition) is 1. The van der Waals surface area contributed by atoms with Gasteiger partial charge in [0.1, 0.15) is 11.3 Å². The minimum absolute atomic E-state index is 0.0690. The van der Waals surface area contributed by atoms with Gasteiger partial charge in [0.05, 0.1) is 26.8 Å². The summed E-state index contributed by atoms with van der Waals surface area (Å²) in [6.07, 6.45) is 1.98. The number of fused-ring (bicyclic) bond motifs is 2. The van der Waals surface area contributed by atoms with Crippen molar-refractivity contribution in [2.75, 3.05) is 19.4 Å². The molecule has 2 fully saturated rings. The monoisotopic (exact) mass is 424 g/mol. The van der Waals surface area contributed by atoms with Crippen LogP contribution in [-0.2, 0) is 14.2 Å². The van der Waals surface area contributed by atoms with Gasteiger partial charge in [-0.05, 0) is 64.1 Å². The van der Waals surface area contributed by atoms with Crippen molar-refractivity contribution in [3.05, 3.63) is 11.5 Å². The van der Waals surface area contributed by atoms with Crippen LogP contribution in [0.15, 0.2) is 11.5 Å². The molecule has 2 aliphatic heterocycles. The first-order chi connectivity index (χ1) is 13.1. The lowest BCUT2D eigenvalue weighted by Gasteiger charge is -2.43. The molecule has 1 saturated heterocycles. The maximum atomic E-state index is 6.82. The molecule has 0 aromatic carbocycles. The van der Waals surface area contributed by atoms with Crippen molar-refractivity contribution in [2.24, 2.45) is 17.6 Å². The normalized spacial score (nSPS) is 32.0. The van der Waals surface area contributed by atoms with Crippen LogP contribution in [-0.4, -0.2) is 55.8 Å². The lowest BCUT2D eigenvalue weighted by molar-refractivity contribution is -0.0999. The smallest absolute Gasteiger partial charge is 0.191 e.